The zero-order valence-corrected chi connectivity index (χ0v) is 9.78. The van der Waals surface area contributed by atoms with Crippen LogP contribution in [0.25, 0.3) is 0 Å². The van der Waals surface area contributed by atoms with Crippen molar-refractivity contribution in [1.82, 2.24) is 0 Å². The highest BCUT2D eigenvalue weighted by Crippen LogP contribution is 2.16. The average molecular weight is 198 g/mol. The molecule has 2 unspecified atom stereocenters. The standard InChI is InChI=1S/C12H22S/c1-5-7-11(3)9-13-10-12(4)8-6-2/h5-6,11-12H,1-2,7-10H2,3-4H3. The summed E-state index contributed by atoms with van der Waals surface area (Å²) in [7, 11) is 0. The minimum absolute atomic E-state index is 0.776. The molecule has 0 saturated carbocycles. The van der Waals surface area contributed by atoms with Crippen molar-refractivity contribution in [3.63, 3.8) is 0 Å². The molecule has 0 aliphatic heterocycles. The minimum Gasteiger partial charge on any atom is -0.161 e. The molecule has 0 bridgehead atoms. The van der Waals surface area contributed by atoms with E-state index in [4.69, 9.17) is 0 Å². The Morgan fingerprint density at radius 2 is 1.38 bits per heavy atom. The molecular weight excluding hydrogens is 176 g/mol. The molecule has 0 saturated heterocycles. The third-order valence-corrected chi connectivity index (χ3v) is 3.55. The Kier molecular flexibility index (Phi) is 8.32. The van der Waals surface area contributed by atoms with E-state index in [0.717, 1.165) is 24.7 Å². The molecule has 0 aliphatic carbocycles. The van der Waals surface area contributed by atoms with Crippen LogP contribution in [0.4, 0.5) is 0 Å². The van der Waals surface area contributed by atoms with Crippen LogP contribution >= 0.6 is 11.8 Å². The van der Waals surface area contributed by atoms with Gasteiger partial charge in [-0.15, -0.1) is 13.2 Å². The Labute approximate surface area is 87.5 Å². The van der Waals surface area contributed by atoms with E-state index in [9.17, 15) is 0 Å². The molecule has 0 aromatic heterocycles. The van der Waals surface area contributed by atoms with Gasteiger partial charge in [-0.25, -0.2) is 0 Å². The molecule has 0 N–H and O–H groups in total. The molecule has 0 aliphatic rings. The predicted octanol–water partition coefficient (Wildman–Crippen LogP) is 4.14. The largest absolute Gasteiger partial charge is 0.161 e. The van der Waals surface area contributed by atoms with Crippen LogP contribution in [0.1, 0.15) is 26.7 Å². The number of hydrogen-bond acceptors (Lipinski definition) is 1. The first-order chi connectivity index (χ1) is 6.20. The second kappa shape index (κ2) is 8.43. The molecule has 0 nitrogen and oxygen atoms in total. The molecule has 0 fully saturated rings. The monoisotopic (exact) mass is 198 g/mol. The molecule has 0 amide bonds. The maximum atomic E-state index is 3.75. The third-order valence-electron chi connectivity index (χ3n) is 1.94. The van der Waals surface area contributed by atoms with Gasteiger partial charge in [-0.1, -0.05) is 26.0 Å². The first-order valence-electron chi connectivity index (χ1n) is 5.00. The lowest BCUT2D eigenvalue weighted by atomic mass is 10.1. The van der Waals surface area contributed by atoms with Crippen LogP contribution in [-0.4, -0.2) is 11.5 Å². The van der Waals surface area contributed by atoms with Gasteiger partial charge in [-0.05, 0) is 36.2 Å². The zero-order valence-electron chi connectivity index (χ0n) is 8.96. The second-order valence-corrected chi connectivity index (χ2v) is 4.87. The van der Waals surface area contributed by atoms with E-state index in [1.807, 2.05) is 12.2 Å². The molecule has 0 aromatic rings. The van der Waals surface area contributed by atoms with Crippen LogP contribution in [0.5, 0.6) is 0 Å². The van der Waals surface area contributed by atoms with Gasteiger partial charge in [-0.2, -0.15) is 11.8 Å². The normalized spacial score (nSPS) is 14.9. The summed E-state index contributed by atoms with van der Waals surface area (Å²) in [6.07, 6.45) is 6.31. The van der Waals surface area contributed by atoms with Gasteiger partial charge in [0.05, 0.1) is 0 Å². The topological polar surface area (TPSA) is 0 Å². The molecule has 0 rings (SSSR count). The molecule has 0 heterocycles. The Balaban J connectivity index is 3.32. The van der Waals surface area contributed by atoms with Crippen molar-refractivity contribution >= 4 is 11.8 Å². The molecule has 76 valence electrons. The fourth-order valence-electron chi connectivity index (χ4n) is 1.18. The summed E-state index contributed by atoms with van der Waals surface area (Å²) in [5.74, 6) is 4.07. The van der Waals surface area contributed by atoms with E-state index >= 15 is 0 Å². The van der Waals surface area contributed by atoms with Gasteiger partial charge >= 0.3 is 0 Å². The number of rotatable bonds is 8. The smallest absolute Gasteiger partial charge is 0.00387 e. The summed E-state index contributed by atoms with van der Waals surface area (Å²) in [4.78, 5) is 0. The molecular formula is C12H22S. The van der Waals surface area contributed by atoms with E-state index < -0.39 is 0 Å². The van der Waals surface area contributed by atoms with E-state index in [1.165, 1.54) is 11.5 Å². The highest BCUT2D eigenvalue weighted by atomic mass is 32.2. The lowest BCUT2D eigenvalue weighted by molar-refractivity contribution is 0.659. The predicted molar refractivity (Wildman–Crippen MR) is 65.3 cm³/mol. The molecule has 13 heavy (non-hydrogen) atoms. The fourth-order valence-corrected chi connectivity index (χ4v) is 2.39. The lowest BCUT2D eigenvalue weighted by Gasteiger charge is -2.11. The van der Waals surface area contributed by atoms with Crippen LogP contribution < -0.4 is 0 Å². The van der Waals surface area contributed by atoms with Crippen molar-refractivity contribution in [2.45, 2.75) is 26.7 Å². The average Bonchev–Trinajstić information content (AvgIpc) is 2.05. The van der Waals surface area contributed by atoms with Crippen molar-refractivity contribution in [2.24, 2.45) is 11.8 Å². The fraction of sp³-hybridized carbons (Fsp3) is 0.667. The van der Waals surface area contributed by atoms with E-state index in [0.29, 0.717) is 0 Å². The first kappa shape index (κ1) is 12.8. The first-order valence-corrected chi connectivity index (χ1v) is 6.15. The molecule has 0 radical (unpaired) electrons. The van der Waals surface area contributed by atoms with E-state index in [2.05, 4.69) is 38.8 Å². The number of hydrogen-bond donors (Lipinski definition) is 0. The Morgan fingerprint density at radius 1 is 1.00 bits per heavy atom. The zero-order chi connectivity index (χ0) is 10.1. The SMILES string of the molecule is C=CCC(C)CSCC(C)CC=C. The van der Waals surface area contributed by atoms with Gasteiger partial charge < -0.3 is 0 Å². The van der Waals surface area contributed by atoms with Crippen molar-refractivity contribution < 1.29 is 0 Å². The van der Waals surface area contributed by atoms with Gasteiger partial charge in [-0.3, -0.25) is 0 Å². The number of thioether (sulfide) groups is 1. The maximum absolute atomic E-state index is 3.75. The van der Waals surface area contributed by atoms with Crippen LogP contribution in [0, 0.1) is 11.8 Å². The van der Waals surface area contributed by atoms with Gasteiger partial charge in [0.25, 0.3) is 0 Å². The summed E-state index contributed by atoms with van der Waals surface area (Å²) < 4.78 is 0. The summed E-state index contributed by atoms with van der Waals surface area (Å²) >= 11 is 2.05. The van der Waals surface area contributed by atoms with Crippen LogP contribution in [0.15, 0.2) is 25.3 Å². The van der Waals surface area contributed by atoms with Crippen molar-refractivity contribution in [1.29, 1.82) is 0 Å². The molecule has 2 atom stereocenters. The molecule has 0 aromatic carbocycles. The minimum atomic E-state index is 0.776. The van der Waals surface area contributed by atoms with Crippen molar-refractivity contribution in [3.05, 3.63) is 25.3 Å². The van der Waals surface area contributed by atoms with Crippen LogP contribution in [0.2, 0.25) is 0 Å². The summed E-state index contributed by atoms with van der Waals surface area (Å²) in [5.41, 5.74) is 0. The third kappa shape index (κ3) is 8.17. The highest BCUT2D eigenvalue weighted by Gasteiger charge is 2.02. The maximum Gasteiger partial charge on any atom is -0.00387 e. The van der Waals surface area contributed by atoms with E-state index in [1.54, 1.807) is 0 Å². The molecule has 0 spiro atoms. The highest BCUT2D eigenvalue weighted by molar-refractivity contribution is 7.99. The summed E-state index contributed by atoms with van der Waals surface area (Å²) in [5, 5.41) is 0. The Morgan fingerprint density at radius 3 is 1.69 bits per heavy atom. The van der Waals surface area contributed by atoms with Gasteiger partial charge in [0.1, 0.15) is 0 Å². The van der Waals surface area contributed by atoms with Gasteiger partial charge in [0, 0.05) is 0 Å². The van der Waals surface area contributed by atoms with Crippen LogP contribution in [-0.2, 0) is 0 Å². The quantitative estimate of drug-likeness (QED) is 0.528. The summed E-state index contributed by atoms with van der Waals surface area (Å²) in [6, 6.07) is 0. The summed E-state index contributed by atoms with van der Waals surface area (Å²) in [6.45, 7) is 12.1. The van der Waals surface area contributed by atoms with Gasteiger partial charge in [0.15, 0.2) is 0 Å². The number of allylic oxidation sites excluding steroid dienone is 2. The van der Waals surface area contributed by atoms with E-state index in [-0.39, 0.29) is 0 Å². The van der Waals surface area contributed by atoms with Crippen molar-refractivity contribution in [2.75, 3.05) is 11.5 Å². The van der Waals surface area contributed by atoms with Crippen molar-refractivity contribution in [3.8, 4) is 0 Å². The molecule has 1 heteroatoms. The lowest BCUT2D eigenvalue weighted by Crippen LogP contribution is -2.01. The Hall–Kier alpha value is -0.170. The van der Waals surface area contributed by atoms with Gasteiger partial charge in [0.2, 0.25) is 0 Å². The Bertz CT molecular complexity index is 124. The second-order valence-electron chi connectivity index (χ2n) is 3.80. The van der Waals surface area contributed by atoms with Crippen LogP contribution in [0.3, 0.4) is 0 Å².